The molecule has 0 atom stereocenters. The molecular weight excluding hydrogens is 201 g/mol. The summed E-state index contributed by atoms with van der Waals surface area (Å²) in [6, 6.07) is 0. The molecule has 0 aromatic heterocycles. The third-order valence-electron chi connectivity index (χ3n) is 0.186. The van der Waals surface area contributed by atoms with Crippen molar-refractivity contribution in [2.75, 3.05) is 5.75 Å². The van der Waals surface area contributed by atoms with Crippen molar-refractivity contribution in [2.45, 2.75) is 0 Å². The molecule has 1 radical (unpaired) electrons. The van der Waals surface area contributed by atoms with Crippen molar-refractivity contribution in [3.63, 3.8) is 0 Å². The summed E-state index contributed by atoms with van der Waals surface area (Å²) in [6.45, 7) is 3.46. The maximum atomic E-state index is 4.50. The Kier molecular flexibility index (Phi) is 15.9. The van der Waals surface area contributed by atoms with Crippen molar-refractivity contribution in [1.82, 2.24) is 0 Å². The second-order valence-electron chi connectivity index (χ2n) is 0.573. The average molecular weight is 206 g/mol. The Morgan fingerprint density at radius 2 is 2.33 bits per heavy atom. The van der Waals surface area contributed by atoms with Gasteiger partial charge < -0.3 is 22.5 Å². The Bertz CT molecular complexity index is 30.0. The van der Waals surface area contributed by atoms with Crippen LogP contribution in [-0.4, -0.2) is 5.75 Å². The van der Waals surface area contributed by atoms with Crippen LogP contribution in [0, 0.1) is 0 Å². The van der Waals surface area contributed by atoms with Crippen molar-refractivity contribution in [2.24, 2.45) is 0 Å². The van der Waals surface area contributed by atoms with Crippen molar-refractivity contribution < 1.29 is 19.5 Å². The molecule has 3 heteroatoms. The normalized spacial score (nSPS) is 6.17. The minimum atomic E-state index is 0. The van der Waals surface area contributed by atoms with Gasteiger partial charge in [-0.15, -0.1) is 6.58 Å². The SMILES string of the molecule is C=CCS[S-].[Ru+]. The monoisotopic (exact) mass is 207 g/mol. The Morgan fingerprint density at radius 3 is 2.33 bits per heavy atom. The van der Waals surface area contributed by atoms with E-state index in [2.05, 4.69) is 18.2 Å². The smallest absolute Gasteiger partial charge is 0.719 e. The first kappa shape index (κ1) is 10.1. The minimum Gasteiger partial charge on any atom is -0.719 e. The summed E-state index contributed by atoms with van der Waals surface area (Å²) in [5.41, 5.74) is 0. The van der Waals surface area contributed by atoms with E-state index in [1.807, 2.05) is 0 Å². The Balaban J connectivity index is 0. The predicted octanol–water partition coefficient (Wildman–Crippen LogP) is 1.37. The van der Waals surface area contributed by atoms with Gasteiger partial charge in [0.1, 0.15) is 0 Å². The molecule has 0 rings (SSSR count). The Hall–Kier alpha value is 1.06. The van der Waals surface area contributed by atoms with Crippen molar-refractivity contribution in [3.05, 3.63) is 12.7 Å². The molecule has 0 unspecified atom stereocenters. The van der Waals surface area contributed by atoms with Gasteiger partial charge in [-0.2, -0.15) is 0 Å². The Labute approximate surface area is 60.3 Å². The van der Waals surface area contributed by atoms with Gasteiger partial charge in [-0.3, -0.25) is 0 Å². The minimum absolute atomic E-state index is 0. The van der Waals surface area contributed by atoms with E-state index >= 15 is 0 Å². The van der Waals surface area contributed by atoms with Crippen molar-refractivity contribution in [1.29, 1.82) is 0 Å². The zero-order valence-corrected chi connectivity index (χ0v) is 6.53. The van der Waals surface area contributed by atoms with Gasteiger partial charge >= 0.3 is 19.5 Å². The van der Waals surface area contributed by atoms with Gasteiger partial charge in [0.2, 0.25) is 0 Å². The molecule has 37 valence electrons. The fraction of sp³-hybridized carbons (Fsp3) is 0.333. The van der Waals surface area contributed by atoms with E-state index in [9.17, 15) is 0 Å². The van der Waals surface area contributed by atoms with E-state index in [4.69, 9.17) is 0 Å². The molecule has 0 bridgehead atoms. The van der Waals surface area contributed by atoms with Crippen molar-refractivity contribution in [3.8, 4) is 0 Å². The van der Waals surface area contributed by atoms with E-state index in [1.165, 1.54) is 10.8 Å². The van der Waals surface area contributed by atoms with Gasteiger partial charge in [0.05, 0.1) is 0 Å². The van der Waals surface area contributed by atoms with E-state index in [-0.39, 0.29) is 19.5 Å². The molecule has 0 N–H and O–H groups in total. The van der Waals surface area contributed by atoms with E-state index in [0.29, 0.717) is 0 Å². The summed E-state index contributed by atoms with van der Waals surface area (Å²) in [4.78, 5) is 0. The summed E-state index contributed by atoms with van der Waals surface area (Å²) in [5, 5.41) is 0. The van der Waals surface area contributed by atoms with Crippen LogP contribution in [0.5, 0.6) is 0 Å². The van der Waals surface area contributed by atoms with Gasteiger partial charge in [-0.25, -0.2) is 0 Å². The first-order chi connectivity index (χ1) is 2.41. The molecule has 0 amide bonds. The van der Waals surface area contributed by atoms with Crippen LogP contribution in [0.4, 0.5) is 0 Å². The second-order valence-corrected chi connectivity index (χ2v) is 1.85. The molecule has 0 saturated heterocycles. The Morgan fingerprint density at radius 1 is 1.83 bits per heavy atom. The zero-order chi connectivity index (χ0) is 4.12. The standard InChI is InChI=1S/C3H6S2.Ru/c1-2-3-5-4;/h2,4H,1,3H2;/q;+1/p-1. The van der Waals surface area contributed by atoms with E-state index < -0.39 is 0 Å². The molecule has 6 heavy (non-hydrogen) atoms. The molecule has 0 nitrogen and oxygen atoms in total. The first-order valence-electron chi connectivity index (χ1n) is 1.27. The van der Waals surface area contributed by atoms with Crippen LogP contribution < -0.4 is 0 Å². The predicted molar refractivity (Wildman–Crippen MR) is 30.0 cm³/mol. The first-order valence-corrected chi connectivity index (χ1v) is 3.18. The molecule has 0 fully saturated rings. The van der Waals surface area contributed by atoms with Gasteiger partial charge in [0, 0.05) is 0 Å². The van der Waals surface area contributed by atoms with E-state index in [1.54, 1.807) is 6.08 Å². The van der Waals surface area contributed by atoms with Crippen LogP contribution in [0.1, 0.15) is 0 Å². The third kappa shape index (κ3) is 8.91. The molecule has 0 saturated carbocycles. The summed E-state index contributed by atoms with van der Waals surface area (Å²) in [6.07, 6.45) is 1.79. The number of hydrogen-bond donors (Lipinski definition) is 0. The van der Waals surface area contributed by atoms with Crippen LogP contribution >= 0.6 is 10.8 Å². The fourth-order valence-electron chi connectivity index (χ4n) is 0.0481. The topological polar surface area (TPSA) is 0 Å². The molecule has 0 aromatic rings. The summed E-state index contributed by atoms with van der Waals surface area (Å²) >= 11 is 4.50. The molecular formula is C3H5RuS2. The molecule has 0 aliphatic heterocycles. The summed E-state index contributed by atoms with van der Waals surface area (Å²) in [5.74, 6) is 0.884. The van der Waals surface area contributed by atoms with Gasteiger partial charge in [-0.05, 0) is 5.75 Å². The van der Waals surface area contributed by atoms with Crippen LogP contribution in [0.3, 0.4) is 0 Å². The summed E-state index contributed by atoms with van der Waals surface area (Å²) < 4.78 is 0. The quantitative estimate of drug-likeness (QED) is 0.290. The fourth-order valence-corrected chi connectivity index (χ4v) is 0.433. The molecule has 0 aliphatic carbocycles. The molecule has 0 aromatic carbocycles. The molecule has 0 heterocycles. The maximum absolute atomic E-state index is 4.50. The van der Waals surface area contributed by atoms with Crippen LogP contribution in [0.2, 0.25) is 0 Å². The molecule has 0 aliphatic rings. The largest absolute Gasteiger partial charge is 1.00 e. The van der Waals surface area contributed by atoms with E-state index in [0.717, 1.165) is 5.75 Å². The summed E-state index contributed by atoms with van der Waals surface area (Å²) in [7, 11) is 1.37. The average Bonchev–Trinajstić information content (AvgIpc) is 1.41. The number of hydrogen-bond acceptors (Lipinski definition) is 2. The van der Waals surface area contributed by atoms with Gasteiger partial charge in [-0.1, -0.05) is 6.08 Å². The van der Waals surface area contributed by atoms with Crippen LogP contribution in [0.25, 0.3) is 0 Å². The molecule has 0 spiro atoms. The second kappa shape index (κ2) is 9.42. The van der Waals surface area contributed by atoms with Crippen LogP contribution in [-0.2, 0) is 31.1 Å². The number of rotatable bonds is 2. The van der Waals surface area contributed by atoms with Gasteiger partial charge in [0.15, 0.2) is 0 Å². The zero-order valence-electron chi connectivity index (χ0n) is 3.16. The van der Waals surface area contributed by atoms with Crippen LogP contribution in [0.15, 0.2) is 12.7 Å². The van der Waals surface area contributed by atoms with Crippen molar-refractivity contribution >= 4 is 22.5 Å². The maximum Gasteiger partial charge on any atom is 1.00 e. The third-order valence-corrected chi connectivity index (χ3v) is 0.966. The van der Waals surface area contributed by atoms with Gasteiger partial charge in [0.25, 0.3) is 0 Å².